The maximum Gasteiger partial charge on any atom is 0.573 e. The van der Waals surface area contributed by atoms with Gasteiger partial charge in [0.2, 0.25) is 10.0 Å². The molecule has 0 spiro atoms. The fraction of sp³-hybridized carbons (Fsp3) is 0.308. The summed E-state index contributed by atoms with van der Waals surface area (Å²) in [7, 11) is -4.68. The predicted molar refractivity (Wildman–Crippen MR) is 131 cm³/mol. The molecule has 0 saturated carbocycles. The second-order valence-electron chi connectivity index (χ2n) is 8.58. The molecule has 3 N–H and O–H groups in total. The molecule has 0 fully saturated rings. The van der Waals surface area contributed by atoms with Gasteiger partial charge < -0.3 is 15.2 Å². The highest BCUT2D eigenvalue weighted by Crippen LogP contribution is 2.29. The highest BCUT2D eigenvalue weighted by molar-refractivity contribution is 7.89. The number of hydrogen-bond acceptors (Lipinski definition) is 5. The molecule has 6 nitrogen and oxygen atoms in total. The second kappa shape index (κ2) is 12.7. The van der Waals surface area contributed by atoms with E-state index in [1.807, 2.05) is 31.2 Å². The molecule has 3 aromatic carbocycles. The van der Waals surface area contributed by atoms with E-state index < -0.39 is 50.8 Å². The Balaban J connectivity index is 1.83. The zero-order valence-electron chi connectivity index (χ0n) is 20.3. The monoisotopic (exact) mass is 558 g/mol. The number of benzene rings is 3. The minimum atomic E-state index is -5.15. The number of alkyl halides is 3. The fourth-order valence-electron chi connectivity index (χ4n) is 3.85. The zero-order valence-corrected chi connectivity index (χ0v) is 21.1. The molecule has 3 rings (SSSR count). The van der Waals surface area contributed by atoms with Crippen molar-refractivity contribution in [2.75, 3.05) is 6.54 Å². The molecule has 0 radical (unpaired) electrons. The van der Waals surface area contributed by atoms with E-state index in [1.54, 1.807) is 0 Å². The van der Waals surface area contributed by atoms with Crippen LogP contribution < -0.4 is 14.8 Å². The van der Waals surface area contributed by atoms with Gasteiger partial charge in [-0.05, 0) is 53.8 Å². The standard InChI is InChI=1S/C26H27F5N2O4S/c1-2-17-6-5-7-18(10-17)15-32-16-23(34)22(13-19-11-20(27)14-21(28)12-19)33-38(35,36)25-9-4-3-8-24(25)37-26(29,30)31/h3-12,14,22-23,32-34H,2,13,15-16H2,1H3/t22-,23+/m1/s1. The van der Waals surface area contributed by atoms with Crippen molar-refractivity contribution in [1.29, 1.82) is 0 Å². The molecule has 0 aliphatic rings. The average molecular weight is 559 g/mol. The third-order valence-electron chi connectivity index (χ3n) is 5.60. The number of nitrogens with one attached hydrogen (secondary N) is 2. The lowest BCUT2D eigenvalue weighted by Crippen LogP contribution is -2.48. The summed E-state index contributed by atoms with van der Waals surface area (Å²) in [6, 6.07) is 13.0. The van der Waals surface area contributed by atoms with Gasteiger partial charge in [0.15, 0.2) is 0 Å². The van der Waals surface area contributed by atoms with Crippen LogP contribution in [0, 0.1) is 11.6 Å². The topological polar surface area (TPSA) is 87.7 Å². The first-order valence-electron chi connectivity index (χ1n) is 11.6. The quantitative estimate of drug-likeness (QED) is 0.286. The summed E-state index contributed by atoms with van der Waals surface area (Å²) < 4.78 is 98.3. The van der Waals surface area contributed by atoms with Gasteiger partial charge in [0.1, 0.15) is 22.3 Å². The van der Waals surface area contributed by atoms with Gasteiger partial charge in [-0.3, -0.25) is 0 Å². The molecule has 0 unspecified atom stereocenters. The summed E-state index contributed by atoms with van der Waals surface area (Å²) in [5, 5.41) is 13.9. The lowest BCUT2D eigenvalue weighted by Gasteiger charge is -2.25. The minimum absolute atomic E-state index is 0.0322. The normalized spacial score (nSPS) is 13.8. The molecule has 206 valence electrons. The van der Waals surface area contributed by atoms with Crippen molar-refractivity contribution in [3.8, 4) is 5.75 Å². The van der Waals surface area contributed by atoms with Crippen LogP contribution in [0.5, 0.6) is 5.75 Å². The van der Waals surface area contributed by atoms with Crippen LogP contribution >= 0.6 is 0 Å². The number of sulfonamides is 1. The van der Waals surface area contributed by atoms with E-state index in [4.69, 9.17) is 0 Å². The largest absolute Gasteiger partial charge is 0.573 e. The number of rotatable bonds is 12. The summed E-state index contributed by atoms with van der Waals surface area (Å²) in [6.45, 7) is 2.20. The fourth-order valence-corrected chi connectivity index (χ4v) is 5.25. The van der Waals surface area contributed by atoms with Gasteiger partial charge in [0.25, 0.3) is 0 Å². The van der Waals surface area contributed by atoms with Crippen LogP contribution in [-0.4, -0.2) is 38.6 Å². The Morgan fingerprint density at radius 1 is 0.921 bits per heavy atom. The summed E-state index contributed by atoms with van der Waals surface area (Å²) in [5.74, 6) is -2.78. The maximum atomic E-state index is 13.8. The Morgan fingerprint density at radius 2 is 1.58 bits per heavy atom. The van der Waals surface area contributed by atoms with Crippen molar-refractivity contribution in [1.82, 2.24) is 10.0 Å². The predicted octanol–water partition coefficient (Wildman–Crippen LogP) is 4.47. The SMILES string of the molecule is CCc1cccc(CNC[C@H](O)[C@@H](Cc2cc(F)cc(F)c2)NS(=O)(=O)c2ccccc2OC(F)(F)F)c1. The van der Waals surface area contributed by atoms with E-state index in [1.165, 1.54) is 12.1 Å². The Labute approximate surface area is 217 Å². The third-order valence-corrected chi connectivity index (χ3v) is 7.12. The van der Waals surface area contributed by atoms with E-state index in [0.717, 1.165) is 41.8 Å². The maximum absolute atomic E-state index is 13.8. The van der Waals surface area contributed by atoms with Crippen molar-refractivity contribution >= 4 is 10.0 Å². The Hall–Kier alpha value is -3.06. The number of aliphatic hydroxyl groups is 1. The molecule has 0 heterocycles. The van der Waals surface area contributed by atoms with Crippen molar-refractivity contribution in [2.45, 2.75) is 49.7 Å². The van der Waals surface area contributed by atoms with Gasteiger partial charge in [0, 0.05) is 19.2 Å². The first-order chi connectivity index (χ1) is 17.9. The van der Waals surface area contributed by atoms with Crippen molar-refractivity contribution in [3.05, 3.63) is 95.1 Å². The van der Waals surface area contributed by atoms with Crippen LogP contribution in [0.15, 0.2) is 71.6 Å². The van der Waals surface area contributed by atoms with Crippen molar-refractivity contribution in [3.63, 3.8) is 0 Å². The summed E-state index contributed by atoms with van der Waals surface area (Å²) >= 11 is 0. The molecule has 38 heavy (non-hydrogen) atoms. The molecule has 0 saturated heterocycles. The second-order valence-corrected chi connectivity index (χ2v) is 10.3. The molecule has 0 aliphatic carbocycles. The number of aryl methyl sites for hydroxylation is 1. The van der Waals surface area contributed by atoms with Gasteiger partial charge >= 0.3 is 6.36 Å². The van der Waals surface area contributed by atoms with Crippen LogP contribution in [0.1, 0.15) is 23.6 Å². The van der Waals surface area contributed by atoms with Crippen LogP contribution in [0.25, 0.3) is 0 Å². The van der Waals surface area contributed by atoms with Gasteiger partial charge in [0.05, 0.1) is 12.1 Å². The number of para-hydroxylation sites is 1. The molecule has 0 amide bonds. The molecular formula is C26H27F5N2O4S. The van der Waals surface area contributed by atoms with E-state index in [0.29, 0.717) is 12.6 Å². The van der Waals surface area contributed by atoms with Gasteiger partial charge in [-0.2, -0.15) is 0 Å². The molecular weight excluding hydrogens is 531 g/mol. The third kappa shape index (κ3) is 8.76. The van der Waals surface area contributed by atoms with Gasteiger partial charge in [-0.1, -0.05) is 43.3 Å². The van der Waals surface area contributed by atoms with Crippen molar-refractivity contribution in [2.24, 2.45) is 0 Å². The summed E-state index contributed by atoms with van der Waals surface area (Å²) in [5.41, 5.74) is 2.05. The lowest BCUT2D eigenvalue weighted by molar-refractivity contribution is -0.275. The Kier molecular flexibility index (Phi) is 9.82. The molecule has 0 aliphatic heterocycles. The lowest BCUT2D eigenvalue weighted by atomic mass is 10.0. The van der Waals surface area contributed by atoms with Crippen LogP contribution in [-0.2, 0) is 29.4 Å². The number of hydrogen-bond donors (Lipinski definition) is 3. The van der Waals surface area contributed by atoms with Crippen LogP contribution in [0.4, 0.5) is 22.0 Å². The number of ether oxygens (including phenoxy) is 1. The smallest absolute Gasteiger partial charge is 0.404 e. The van der Waals surface area contributed by atoms with E-state index in [-0.39, 0.29) is 18.5 Å². The molecule has 0 aromatic heterocycles. The highest BCUT2D eigenvalue weighted by atomic mass is 32.2. The Morgan fingerprint density at radius 3 is 2.24 bits per heavy atom. The summed E-state index contributed by atoms with van der Waals surface area (Å²) in [6.07, 6.45) is -6.11. The van der Waals surface area contributed by atoms with Crippen LogP contribution in [0.2, 0.25) is 0 Å². The zero-order chi connectivity index (χ0) is 27.9. The highest BCUT2D eigenvalue weighted by Gasteiger charge is 2.35. The van der Waals surface area contributed by atoms with Gasteiger partial charge in [-0.25, -0.2) is 21.9 Å². The molecule has 2 atom stereocenters. The van der Waals surface area contributed by atoms with E-state index in [9.17, 15) is 35.5 Å². The number of aliphatic hydroxyl groups excluding tert-OH is 1. The van der Waals surface area contributed by atoms with E-state index in [2.05, 4.69) is 14.8 Å². The Bertz CT molecular complexity index is 1310. The molecule has 3 aromatic rings. The molecule has 0 bridgehead atoms. The average Bonchev–Trinajstić information content (AvgIpc) is 2.82. The van der Waals surface area contributed by atoms with Gasteiger partial charge in [-0.15, -0.1) is 13.2 Å². The first-order valence-corrected chi connectivity index (χ1v) is 13.1. The van der Waals surface area contributed by atoms with Crippen LogP contribution in [0.3, 0.4) is 0 Å². The summed E-state index contributed by atoms with van der Waals surface area (Å²) in [4.78, 5) is -0.815. The minimum Gasteiger partial charge on any atom is -0.404 e. The first kappa shape index (κ1) is 29.5. The molecule has 12 heteroatoms. The van der Waals surface area contributed by atoms with Crippen molar-refractivity contribution < 1.29 is 40.2 Å². The van der Waals surface area contributed by atoms with E-state index >= 15 is 0 Å². The number of halogens is 5.